The van der Waals surface area contributed by atoms with Gasteiger partial charge < -0.3 is 19.5 Å². The lowest BCUT2D eigenvalue weighted by molar-refractivity contribution is 0.152. The minimum Gasteiger partial charge on any atom is -0.383 e. The molecule has 0 unspecified atom stereocenters. The predicted octanol–water partition coefficient (Wildman–Crippen LogP) is 5.09. The molecular formula is C25H31N3O2. The largest absolute Gasteiger partial charge is 0.383 e. The quantitative estimate of drug-likeness (QED) is 0.539. The van der Waals surface area contributed by atoms with Gasteiger partial charge in [-0.15, -0.1) is 0 Å². The summed E-state index contributed by atoms with van der Waals surface area (Å²) < 4.78 is 7.44. The van der Waals surface area contributed by atoms with Crippen molar-refractivity contribution in [3.05, 3.63) is 89.2 Å². The summed E-state index contributed by atoms with van der Waals surface area (Å²) in [4.78, 5) is 14.9. The molecule has 5 heteroatoms. The van der Waals surface area contributed by atoms with Gasteiger partial charge in [0.05, 0.1) is 13.2 Å². The number of hydrogen-bond acceptors (Lipinski definition) is 2. The lowest BCUT2D eigenvalue weighted by Gasteiger charge is -2.24. The first-order chi connectivity index (χ1) is 14.6. The average Bonchev–Trinajstić information content (AvgIpc) is 3.19. The monoisotopic (exact) mass is 405 g/mol. The normalized spacial score (nSPS) is 10.8. The van der Waals surface area contributed by atoms with Gasteiger partial charge in [0.25, 0.3) is 0 Å². The van der Waals surface area contributed by atoms with Gasteiger partial charge >= 0.3 is 6.03 Å². The number of anilines is 1. The molecule has 2 amide bonds. The van der Waals surface area contributed by atoms with Crippen LogP contribution in [-0.2, 0) is 24.2 Å². The first kappa shape index (κ1) is 21.7. The highest BCUT2D eigenvalue weighted by Crippen LogP contribution is 2.17. The van der Waals surface area contributed by atoms with Crippen molar-refractivity contribution in [3.8, 4) is 0 Å². The molecule has 1 aromatic heterocycles. The molecule has 0 radical (unpaired) electrons. The second-order valence-corrected chi connectivity index (χ2v) is 7.47. The number of methoxy groups -OCH3 is 1. The Bertz CT molecular complexity index is 947. The topological polar surface area (TPSA) is 46.5 Å². The third kappa shape index (κ3) is 5.74. The highest BCUT2D eigenvalue weighted by molar-refractivity contribution is 5.90. The standard InChI is InChI=1S/C25H31N3O2/c1-4-22-8-5-6-10-24(22)26-25(29)28(16-17-30-3)19-23-9-7-15-27(23)18-21-13-11-20(2)12-14-21/h5-15H,4,16-19H2,1-3H3,(H,26,29). The van der Waals surface area contributed by atoms with E-state index in [1.54, 1.807) is 12.0 Å². The van der Waals surface area contributed by atoms with Crippen LogP contribution in [0.25, 0.3) is 0 Å². The van der Waals surface area contributed by atoms with Gasteiger partial charge in [-0.1, -0.05) is 55.0 Å². The van der Waals surface area contributed by atoms with Crippen LogP contribution in [0.15, 0.2) is 66.9 Å². The van der Waals surface area contributed by atoms with Gasteiger partial charge in [0, 0.05) is 37.8 Å². The molecule has 2 aromatic carbocycles. The molecule has 0 atom stereocenters. The fraction of sp³-hybridized carbons (Fsp3) is 0.320. The van der Waals surface area contributed by atoms with Crippen LogP contribution < -0.4 is 5.32 Å². The number of nitrogens with zero attached hydrogens (tertiary/aromatic N) is 2. The summed E-state index contributed by atoms with van der Waals surface area (Å²) in [5.74, 6) is 0. The van der Waals surface area contributed by atoms with Crippen LogP contribution in [0.3, 0.4) is 0 Å². The molecule has 0 saturated heterocycles. The van der Waals surface area contributed by atoms with E-state index in [-0.39, 0.29) is 6.03 Å². The molecule has 0 fully saturated rings. The highest BCUT2D eigenvalue weighted by atomic mass is 16.5. The number of urea groups is 1. The summed E-state index contributed by atoms with van der Waals surface area (Å²) in [5.41, 5.74) is 5.57. The Hall–Kier alpha value is -3.05. The first-order valence-electron chi connectivity index (χ1n) is 10.4. The Labute approximate surface area is 179 Å². The van der Waals surface area contributed by atoms with Gasteiger partial charge in [-0.25, -0.2) is 4.79 Å². The Morgan fingerprint density at radius 3 is 2.57 bits per heavy atom. The van der Waals surface area contributed by atoms with Crippen LogP contribution in [0.2, 0.25) is 0 Å². The molecule has 1 heterocycles. The van der Waals surface area contributed by atoms with E-state index >= 15 is 0 Å². The molecule has 0 aliphatic heterocycles. The van der Waals surface area contributed by atoms with Crippen molar-refractivity contribution in [1.29, 1.82) is 0 Å². The van der Waals surface area contributed by atoms with Crippen molar-refractivity contribution in [2.75, 3.05) is 25.6 Å². The van der Waals surface area contributed by atoms with Crippen molar-refractivity contribution in [3.63, 3.8) is 0 Å². The average molecular weight is 406 g/mol. The lowest BCUT2D eigenvalue weighted by Crippen LogP contribution is -2.37. The second kappa shape index (κ2) is 10.6. The Morgan fingerprint density at radius 2 is 1.83 bits per heavy atom. The maximum absolute atomic E-state index is 13.1. The van der Waals surface area contributed by atoms with Crippen LogP contribution in [0.4, 0.5) is 10.5 Å². The molecule has 5 nitrogen and oxygen atoms in total. The fourth-order valence-corrected chi connectivity index (χ4v) is 3.43. The SMILES string of the molecule is CCc1ccccc1NC(=O)N(CCOC)Cc1cccn1Cc1ccc(C)cc1. The second-order valence-electron chi connectivity index (χ2n) is 7.47. The fourth-order valence-electron chi connectivity index (χ4n) is 3.43. The first-order valence-corrected chi connectivity index (χ1v) is 10.4. The zero-order valence-electron chi connectivity index (χ0n) is 18.1. The number of carbonyl (C=O) groups excluding carboxylic acids is 1. The molecule has 158 valence electrons. The van der Waals surface area contributed by atoms with Crippen LogP contribution in [0.1, 0.15) is 29.3 Å². The van der Waals surface area contributed by atoms with E-state index in [0.29, 0.717) is 19.7 Å². The summed E-state index contributed by atoms with van der Waals surface area (Å²) in [7, 11) is 1.66. The third-order valence-corrected chi connectivity index (χ3v) is 5.24. The molecule has 0 spiro atoms. The van der Waals surface area contributed by atoms with Gasteiger partial charge in [0.1, 0.15) is 0 Å². The molecule has 3 aromatic rings. The van der Waals surface area contributed by atoms with Crippen molar-refractivity contribution >= 4 is 11.7 Å². The van der Waals surface area contributed by atoms with E-state index in [9.17, 15) is 4.79 Å². The minimum absolute atomic E-state index is 0.115. The zero-order valence-corrected chi connectivity index (χ0v) is 18.1. The number of aryl methyl sites for hydroxylation is 2. The smallest absolute Gasteiger partial charge is 0.322 e. The van der Waals surface area contributed by atoms with Crippen LogP contribution >= 0.6 is 0 Å². The van der Waals surface area contributed by atoms with Crippen molar-refractivity contribution in [1.82, 2.24) is 9.47 Å². The van der Waals surface area contributed by atoms with E-state index in [2.05, 4.69) is 60.3 Å². The van der Waals surface area contributed by atoms with E-state index < -0.39 is 0 Å². The number of rotatable bonds is 9. The predicted molar refractivity (Wildman–Crippen MR) is 122 cm³/mol. The number of amides is 2. The van der Waals surface area contributed by atoms with E-state index in [0.717, 1.165) is 29.9 Å². The summed E-state index contributed by atoms with van der Waals surface area (Å²) in [6, 6.07) is 20.5. The summed E-state index contributed by atoms with van der Waals surface area (Å²) in [6.45, 7) is 6.48. The van der Waals surface area contributed by atoms with E-state index in [4.69, 9.17) is 4.74 Å². The number of benzene rings is 2. The zero-order chi connectivity index (χ0) is 21.3. The van der Waals surface area contributed by atoms with Gasteiger partial charge in [-0.05, 0) is 42.7 Å². The summed E-state index contributed by atoms with van der Waals surface area (Å²) in [6.07, 6.45) is 2.93. The van der Waals surface area contributed by atoms with Crippen LogP contribution in [0.5, 0.6) is 0 Å². The van der Waals surface area contributed by atoms with Crippen LogP contribution in [0, 0.1) is 6.92 Å². The number of ether oxygens (including phenoxy) is 1. The molecule has 0 bridgehead atoms. The highest BCUT2D eigenvalue weighted by Gasteiger charge is 2.17. The molecule has 3 rings (SSSR count). The van der Waals surface area contributed by atoms with Crippen LogP contribution in [-0.4, -0.2) is 35.8 Å². The maximum Gasteiger partial charge on any atom is 0.322 e. The number of para-hydroxylation sites is 1. The Kier molecular flexibility index (Phi) is 7.69. The number of nitrogens with one attached hydrogen (secondary N) is 1. The number of carbonyl (C=O) groups is 1. The van der Waals surface area contributed by atoms with Crippen molar-refractivity contribution in [2.45, 2.75) is 33.4 Å². The van der Waals surface area contributed by atoms with E-state index in [1.807, 2.05) is 30.3 Å². The Morgan fingerprint density at radius 1 is 1.07 bits per heavy atom. The minimum atomic E-state index is -0.115. The number of aromatic nitrogens is 1. The van der Waals surface area contributed by atoms with Gasteiger partial charge in [-0.2, -0.15) is 0 Å². The lowest BCUT2D eigenvalue weighted by atomic mass is 10.1. The van der Waals surface area contributed by atoms with Crippen molar-refractivity contribution in [2.24, 2.45) is 0 Å². The summed E-state index contributed by atoms with van der Waals surface area (Å²) >= 11 is 0. The molecule has 0 aliphatic rings. The van der Waals surface area contributed by atoms with Gasteiger partial charge in [0.15, 0.2) is 0 Å². The molecule has 30 heavy (non-hydrogen) atoms. The Balaban J connectivity index is 1.74. The van der Waals surface area contributed by atoms with Gasteiger partial charge in [-0.3, -0.25) is 0 Å². The third-order valence-electron chi connectivity index (χ3n) is 5.24. The molecule has 0 aliphatic carbocycles. The molecule has 0 saturated carbocycles. The molecular weight excluding hydrogens is 374 g/mol. The van der Waals surface area contributed by atoms with Gasteiger partial charge in [0.2, 0.25) is 0 Å². The summed E-state index contributed by atoms with van der Waals surface area (Å²) in [5, 5.41) is 3.08. The maximum atomic E-state index is 13.1. The number of hydrogen-bond donors (Lipinski definition) is 1. The van der Waals surface area contributed by atoms with Crippen molar-refractivity contribution < 1.29 is 9.53 Å². The van der Waals surface area contributed by atoms with E-state index in [1.165, 1.54) is 11.1 Å². The molecule has 1 N–H and O–H groups in total.